The highest BCUT2D eigenvalue weighted by molar-refractivity contribution is 5.92. The molecule has 2 aliphatic rings. The quantitative estimate of drug-likeness (QED) is 0.775. The Morgan fingerprint density at radius 3 is 3.20 bits per heavy atom. The molecule has 1 N–H and O–H groups in total. The first-order valence-electron chi connectivity index (χ1n) is 5.24. The number of fused-ring (bicyclic) bond motifs is 1. The molecule has 1 saturated heterocycles. The van der Waals surface area contributed by atoms with Gasteiger partial charge >= 0.3 is 0 Å². The van der Waals surface area contributed by atoms with Crippen LogP contribution in [0.15, 0.2) is 22.8 Å². The summed E-state index contributed by atoms with van der Waals surface area (Å²) in [6, 6.07) is 3.43. The fourth-order valence-corrected chi connectivity index (χ4v) is 2.62. The van der Waals surface area contributed by atoms with Crippen LogP contribution in [-0.4, -0.2) is 36.5 Å². The van der Waals surface area contributed by atoms with E-state index in [-0.39, 0.29) is 11.4 Å². The van der Waals surface area contributed by atoms with Crippen LogP contribution in [0.3, 0.4) is 0 Å². The van der Waals surface area contributed by atoms with Gasteiger partial charge in [0.1, 0.15) is 0 Å². The molecule has 0 bridgehead atoms. The van der Waals surface area contributed by atoms with Gasteiger partial charge in [-0.2, -0.15) is 0 Å². The van der Waals surface area contributed by atoms with E-state index in [1.807, 2.05) is 0 Å². The fourth-order valence-electron chi connectivity index (χ4n) is 2.62. The van der Waals surface area contributed by atoms with E-state index in [1.165, 1.54) is 6.26 Å². The van der Waals surface area contributed by atoms with E-state index in [9.17, 15) is 4.79 Å². The van der Waals surface area contributed by atoms with Crippen LogP contribution < -0.4 is 5.32 Å². The third kappa shape index (κ3) is 1.36. The molecule has 0 radical (unpaired) electrons. The second-order valence-corrected chi connectivity index (χ2v) is 4.69. The van der Waals surface area contributed by atoms with E-state index in [0.717, 1.165) is 19.5 Å². The van der Waals surface area contributed by atoms with Crippen molar-refractivity contribution in [1.29, 1.82) is 0 Å². The summed E-state index contributed by atoms with van der Waals surface area (Å²) in [6.07, 6.45) is 2.64. The van der Waals surface area contributed by atoms with Crippen LogP contribution in [0, 0.1) is 5.92 Å². The molecule has 0 unspecified atom stereocenters. The number of carbonyl (C=O) groups excluding carboxylic acids is 1. The lowest BCUT2D eigenvalue weighted by molar-refractivity contribution is 0.0900. The van der Waals surface area contributed by atoms with E-state index in [4.69, 9.17) is 4.42 Å². The summed E-state index contributed by atoms with van der Waals surface area (Å²) in [5.41, 5.74) is 0.0403. The Kier molecular flexibility index (Phi) is 1.71. The number of furan rings is 1. The summed E-state index contributed by atoms with van der Waals surface area (Å²) in [4.78, 5) is 14.0. The minimum Gasteiger partial charge on any atom is -0.459 e. The molecular formula is C11H14N2O2. The molecule has 1 aliphatic heterocycles. The molecule has 3 rings (SSSR count). The Morgan fingerprint density at radius 1 is 1.73 bits per heavy atom. The third-order valence-corrected chi connectivity index (χ3v) is 3.42. The van der Waals surface area contributed by atoms with Gasteiger partial charge in [0.25, 0.3) is 5.91 Å². The molecule has 1 amide bonds. The number of piperidine rings is 1. The predicted molar refractivity (Wildman–Crippen MR) is 54.5 cm³/mol. The monoisotopic (exact) mass is 206 g/mol. The first-order valence-corrected chi connectivity index (χ1v) is 5.24. The van der Waals surface area contributed by atoms with Gasteiger partial charge in [-0.3, -0.25) is 4.79 Å². The number of rotatable bonds is 2. The highest BCUT2D eigenvalue weighted by Crippen LogP contribution is 2.48. The Morgan fingerprint density at radius 2 is 2.60 bits per heavy atom. The zero-order valence-electron chi connectivity index (χ0n) is 8.69. The van der Waals surface area contributed by atoms with E-state index in [2.05, 4.69) is 17.3 Å². The first kappa shape index (κ1) is 8.97. The van der Waals surface area contributed by atoms with E-state index in [0.29, 0.717) is 11.7 Å². The van der Waals surface area contributed by atoms with Gasteiger partial charge in [-0.05, 0) is 31.5 Å². The van der Waals surface area contributed by atoms with Gasteiger partial charge in [0.2, 0.25) is 0 Å². The number of hydrogen-bond acceptors (Lipinski definition) is 3. The average Bonchev–Trinajstić information content (AvgIpc) is 2.64. The van der Waals surface area contributed by atoms with Crippen LogP contribution in [0.1, 0.15) is 17.0 Å². The molecule has 80 valence electrons. The Bertz CT molecular complexity index is 387. The van der Waals surface area contributed by atoms with Crippen LogP contribution in [-0.2, 0) is 0 Å². The maximum atomic E-state index is 11.8. The number of amides is 1. The molecule has 1 aromatic rings. The van der Waals surface area contributed by atoms with Crippen molar-refractivity contribution in [3.8, 4) is 0 Å². The normalized spacial score (nSPS) is 33.8. The van der Waals surface area contributed by atoms with E-state index < -0.39 is 0 Å². The number of likely N-dealkylation sites (tertiary alicyclic amines) is 1. The summed E-state index contributed by atoms with van der Waals surface area (Å²) in [6.45, 7) is 2.06. The molecule has 0 spiro atoms. The second kappa shape index (κ2) is 2.85. The molecule has 1 aromatic heterocycles. The summed E-state index contributed by atoms with van der Waals surface area (Å²) in [5, 5.41) is 3.09. The number of hydrogen-bond donors (Lipinski definition) is 1. The van der Waals surface area contributed by atoms with Crippen molar-refractivity contribution >= 4 is 5.91 Å². The molecule has 2 atom stereocenters. The molecular weight excluding hydrogens is 192 g/mol. The lowest BCUT2D eigenvalue weighted by Crippen LogP contribution is -2.41. The molecule has 2 fully saturated rings. The van der Waals surface area contributed by atoms with Crippen molar-refractivity contribution in [2.75, 3.05) is 20.1 Å². The second-order valence-electron chi connectivity index (χ2n) is 4.69. The minimum absolute atomic E-state index is 0.0403. The van der Waals surface area contributed by atoms with Crippen molar-refractivity contribution in [2.24, 2.45) is 5.92 Å². The number of carbonyl (C=O) groups is 1. The van der Waals surface area contributed by atoms with E-state index in [1.54, 1.807) is 12.1 Å². The molecule has 4 nitrogen and oxygen atoms in total. The smallest absolute Gasteiger partial charge is 0.287 e. The molecule has 0 aromatic carbocycles. The van der Waals surface area contributed by atoms with Gasteiger partial charge in [-0.15, -0.1) is 0 Å². The maximum absolute atomic E-state index is 11.8. The first-order chi connectivity index (χ1) is 7.20. The van der Waals surface area contributed by atoms with Crippen LogP contribution in [0.2, 0.25) is 0 Å². The van der Waals surface area contributed by atoms with Crippen molar-refractivity contribution in [3.63, 3.8) is 0 Å². The van der Waals surface area contributed by atoms with Crippen LogP contribution in [0.4, 0.5) is 0 Å². The summed E-state index contributed by atoms with van der Waals surface area (Å²) >= 11 is 0. The van der Waals surface area contributed by atoms with Gasteiger partial charge in [0.05, 0.1) is 11.8 Å². The maximum Gasteiger partial charge on any atom is 0.287 e. The summed E-state index contributed by atoms with van der Waals surface area (Å²) in [5.74, 6) is 0.962. The highest BCUT2D eigenvalue weighted by atomic mass is 16.3. The molecule has 2 heterocycles. The number of nitrogens with zero attached hydrogens (tertiary/aromatic N) is 1. The van der Waals surface area contributed by atoms with Gasteiger partial charge in [0, 0.05) is 13.1 Å². The van der Waals surface area contributed by atoms with E-state index >= 15 is 0 Å². The lowest BCUT2D eigenvalue weighted by atomic mass is 10.2. The van der Waals surface area contributed by atoms with Gasteiger partial charge in [-0.1, -0.05) is 0 Å². The van der Waals surface area contributed by atoms with Gasteiger partial charge in [-0.25, -0.2) is 0 Å². The summed E-state index contributed by atoms with van der Waals surface area (Å²) in [7, 11) is 2.09. The molecule has 4 heteroatoms. The van der Waals surface area contributed by atoms with Crippen LogP contribution in [0.5, 0.6) is 0 Å². The number of likely N-dealkylation sites (N-methyl/N-ethyl adjacent to an activating group) is 1. The molecule has 1 aliphatic carbocycles. The SMILES string of the molecule is CN1C[C@H]2C[C@]2(NC(=O)c2ccco2)C1. The zero-order valence-corrected chi connectivity index (χ0v) is 8.69. The van der Waals surface area contributed by atoms with Crippen molar-refractivity contribution in [2.45, 2.75) is 12.0 Å². The fraction of sp³-hybridized carbons (Fsp3) is 0.545. The van der Waals surface area contributed by atoms with Crippen molar-refractivity contribution in [1.82, 2.24) is 10.2 Å². The average molecular weight is 206 g/mol. The third-order valence-electron chi connectivity index (χ3n) is 3.42. The van der Waals surface area contributed by atoms with Gasteiger partial charge < -0.3 is 14.6 Å². The molecule has 15 heavy (non-hydrogen) atoms. The Hall–Kier alpha value is -1.29. The highest BCUT2D eigenvalue weighted by Gasteiger charge is 2.60. The predicted octanol–water partition coefficient (Wildman–Crippen LogP) is 0.713. The Balaban J connectivity index is 1.70. The van der Waals surface area contributed by atoms with Crippen molar-refractivity contribution < 1.29 is 9.21 Å². The standard InChI is InChI=1S/C11H14N2O2/c1-13-6-8-5-11(8,7-13)12-10(14)9-3-2-4-15-9/h2-4,8H,5-7H2,1H3,(H,12,14)/t8-,11+/m1/s1. The summed E-state index contributed by atoms with van der Waals surface area (Å²) < 4.78 is 5.07. The lowest BCUT2D eigenvalue weighted by Gasteiger charge is -2.16. The van der Waals surface area contributed by atoms with Gasteiger partial charge in [0.15, 0.2) is 5.76 Å². The topological polar surface area (TPSA) is 45.5 Å². The zero-order chi connectivity index (χ0) is 10.5. The number of nitrogens with one attached hydrogen (secondary N) is 1. The van der Waals surface area contributed by atoms with Crippen LogP contribution >= 0.6 is 0 Å². The minimum atomic E-state index is -0.0854. The largest absolute Gasteiger partial charge is 0.459 e. The van der Waals surface area contributed by atoms with Crippen LogP contribution in [0.25, 0.3) is 0 Å². The van der Waals surface area contributed by atoms with Crippen molar-refractivity contribution in [3.05, 3.63) is 24.2 Å². The molecule has 1 saturated carbocycles. The Labute approximate surface area is 88.2 Å².